The smallest absolute Gasteiger partial charge is 0.291 e. The molecule has 184 valence electrons. The number of rotatable bonds is 4. The van der Waals surface area contributed by atoms with Crippen molar-refractivity contribution < 1.29 is 18.7 Å². The molecule has 3 aromatic carbocycles. The van der Waals surface area contributed by atoms with Crippen LogP contribution in [0.15, 0.2) is 88.1 Å². The number of para-hydroxylation sites is 2. The Morgan fingerprint density at radius 3 is 2.46 bits per heavy atom. The number of benzene rings is 3. The van der Waals surface area contributed by atoms with Gasteiger partial charge in [-0.2, -0.15) is 0 Å². The van der Waals surface area contributed by atoms with Gasteiger partial charge < -0.3 is 19.0 Å². The fourth-order valence-electron chi connectivity index (χ4n) is 6.10. The number of carbonyl (C=O) groups excluding carboxylic acids is 2. The second-order valence-electron chi connectivity index (χ2n) is 9.79. The van der Waals surface area contributed by atoms with Crippen LogP contribution >= 0.6 is 0 Å². The zero-order chi connectivity index (χ0) is 25.1. The first-order valence-electron chi connectivity index (χ1n) is 12.6. The lowest BCUT2D eigenvalue weighted by Gasteiger charge is -2.35. The third kappa shape index (κ3) is 3.01. The van der Waals surface area contributed by atoms with Gasteiger partial charge in [-0.05, 0) is 36.6 Å². The van der Waals surface area contributed by atoms with Gasteiger partial charge >= 0.3 is 0 Å². The minimum Gasteiger partial charge on any atom is -0.450 e. The molecule has 1 spiro atoms. The molecule has 0 aliphatic carbocycles. The molecule has 0 bridgehead atoms. The van der Waals surface area contributed by atoms with Gasteiger partial charge in [0.1, 0.15) is 5.58 Å². The number of hydrogen-bond acceptors (Lipinski definition) is 5. The summed E-state index contributed by atoms with van der Waals surface area (Å²) in [7, 11) is 0. The SMILES string of the molecule is O=C1c2oc3ccccc3c(=O)c2C2(C(=O)N(Cc3ccccc3)c3ccccc32)N1CC1CCCO1. The molecule has 2 atom stereocenters. The van der Waals surface area contributed by atoms with E-state index < -0.39 is 11.4 Å². The van der Waals surface area contributed by atoms with E-state index in [0.29, 0.717) is 35.4 Å². The van der Waals surface area contributed by atoms with Crippen LogP contribution in [0.3, 0.4) is 0 Å². The molecule has 7 nitrogen and oxygen atoms in total. The minimum atomic E-state index is -1.62. The molecule has 0 radical (unpaired) electrons. The highest BCUT2D eigenvalue weighted by Crippen LogP contribution is 2.53. The van der Waals surface area contributed by atoms with Crippen molar-refractivity contribution in [2.24, 2.45) is 0 Å². The van der Waals surface area contributed by atoms with Gasteiger partial charge in [-0.15, -0.1) is 0 Å². The van der Waals surface area contributed by atoms with Crippen molar-refractivity contribution in [2.75, 3.05) is 18.1 Å². The standard InChI is InChI=1S/C30H24N2O5/c33-26-21-12-4-7-15-24(21)37-27-25(26)30(32(28(27)34)18-20-11-8-16-36-20)22-13-5-6-14-23(22)31(29(30)35)17-19-9-2-1-3-10-19/h1-7,9-10,12-15,20H,8,11,16-18H2. The van der Waals surface area contributed by atoms with Gasteiger partial charge in [0.05, 0.1) is 29.3 Å². The second kappa shape index (κ2) is 8.15. The molecule has 1 fully saturated rings. The highest BCUT2D eigenvalue weighted by Gasteiger charge is 2.65. The van der Waals surface area contributed by atoms with Gasteiger partial charge in [0, 0.05) is 18.7 Å². The molecule has 1 aromatic heterocycles. The van der Waals surface area contributed by atoms with Crippen molar-refractivity contribution in [3.63, 3.8) is 0 Å². The Bertz CT molecular complexity index is 1620. The number of ether oxygens (including phenoxy) is 1. The van der Waals surface area contributed by atoms with Crippen LogP contribution in [0.5, 0.6) is 0 Å². The molecule has 3 aliphatic rings. The lowest BCUT2D eigenvalue weighted by atomic mass is 9.83. The van der Waals surface area contributed by atoms with E-state index in [0.717, 1.165) is 18.4 Å². The summed E-state index contributed by atoms with van der Waals surface area (Å²) in [6, 6.07) is 24.0. The highest BCUT2D eigenvalue weighted by atomic mass is 16.5. The first kappa shape index (κ1) is 22.0. The molecule has 3 aliphatic heterocycles. The Balaban J connectivity index is 1.50. The zero-order valence-corrected chi connectivity index (χ0v) is 20.1. The lowest BCUT2D eigenvalue weighted by molar-refractivity contribution is -0.126. The first-order valence-corrected chi connectivity index (χ1v) is 12.6. The number of fused-ring (bicyclic) bond motifs is 5. The van der Waals surface area contributed by atoms with E-state index in [1.807, 2.05) is 54.6 Å². The van der Waals surface area contributed by atoms with Crippen molar-refractivity contribution in [3.05, 3.63) is 112 Å². The molecule has 2 amide bonds. The molecule has 0 saturated carbocycles. The largest absolute Gasteiger partial charge is 0.450 e. The number of carbonyl (C=O) groups is 2. The van der Waals surface area contributed by atoms with Gasteiger partial charge in [-0.3, -0.25) is 14.4 Å². The van der Waals surface area contributed by atoms with E-state index in [-0.39, 0.29) is 35.3 Å². The number of amides is 2. The van der Waals surface area contributed by atoms with Crippen LogP contribution in [0.2, 0.25) is 0 Å². The van der Waals surface area contributed by atoms with Crippen LogP contribution in [0, 0.1) is 0 Å². The summed E-state index contributed by atoms with van der Waals surface area (Å²) >= 11 is 0. The average molecular weight is 493 g/mol. The quantitative estimate of drug-likeness (QED) is 0.426. The van der Waals surface area contributed by atoms with E-state index >= 15 is 0 Å². The summed E-state index contributed by atoms with van der Waals surface area (Å²) in [5.74, 6) is -0.852. The summed E-state index contributed by atoms with van der Waals surface area (Å²) < 4.78 is 12.0. The summed E-state index contributed by atoms with van der Waals surface area (Å²) in [5.41, 5.74) is 0.698. The Hall–Kier alpha value is -4.23. The summed E-state index contributed by atoms with van der Waals surface area (Å²) in [6.45, 7) is 1.12. The normalized spacial score (nSPS) is 22.3. The molecule has 7 heteroatoms. The number of nitrogens with zero attached hydrogens (tertiary/aromatic N) is 2. The van der Waals surface area contributed by atoms with Crippen LogP contribution in [0.25, 0.3) is 11.0 Å². The van der Waals surface area contributed by atoms with Crippen molar-refractivity contribution >= 4 is 28.5 Å². The van der Waals surface area contributed by atoms with E-state index in [1.54, 1.807) is 29.2 Å². The number of anilines is 1. The molecule has 2 unspecified atom stereocenters. The van der Waals surface area contributed by atoms with Gasteiger partial charge in [0.2, 0.25) is 5.76 Å². The third-order valence-electron chi connectivity index (χ3n) is 7.74. The molecule has 4 aromatic rings. The van der Waals surface area contributed by atoms with E-state index in [9.17, 15) is 14.4 Å². The maximum atomic E-state index is 14.7. The van der Waals surface area contributed by atoms with E-state index in [1.165, 1.54) is 4.90 Å². The minimum absolute atomic E-state index is 0.0635. The molecular weight excluding hydrogens is 468 g/mol. The van der Waals surface area contributed by atoms with Crippen LogP contribution in [0.1, 0.15) is 40.1 Å². The van der Waals surface area contributed by atoms with Gasteiger partial charge in [0.25, 0.3) is 11.8 Å². The molecule has 7 rings (SSSR count). The fraction of sp³-hybridized carbons (Fsp3) is 0.233. The second-order valence-corrected chi connectivity index (χ2v) is 9.79. The lowest BCUT2D eigenvalue weighted by Crippen LogP contribution is -2.55. The van der Waals surface area contributed by atoms with Crippen LogP contribution in [-0.4, -0.2) is 36.0 Å². The van der Waals surface area contributed by atoms with Gasteiger partial charge in [0.15, 0.2) is 11.0 Å². The van der Waals surface area contributed by atoms with Crippen molar-refractivity contribution in [2.45, 2.75) is 31.0 Å². The van der Waals surface area contributed by atoms with E-state index in [2.05, 4.69) is 0 Å². The van der Waals surface area contributed by atoms with Crippen molar-refractivity contribution in [1.29, 1.82) is 0 Å². The van der Waals surface area contributed by atoms with E-state index in [4.69, 9.17) is 9.15 Å². The topological polar surface area (TPSA) is 80.1 Å². The molecule has 37 heavy (non-hydrogen) atoms. The van der Waals surface area contributed by atoms with Crippen LogP contribution in [0.4, 0.5) is 5.69 Å². The first-order chi connectivity index (χ1) is 18.1. The Morgan fingerprint density at radius 2 is 1.65 bits per heavy atom. The van der Waals surface area contributed by atoms with Crippen LogP contribution < -0.4 is 10.3 Å². The maximum absolute atomic E-state index is 14.7. The van der Waals surface area contributed by atoms with Gasteiger partial charge in [-0.25, -0.2) is 0 Å². The maximum Gasteiger partial charge on any atom is 0.291 e. The summed E-state index contributed by atoms with van der Waals surface area (Å²) in [5, 5.41) is 0.346. The Kier molecular flexibility index (Phi) is 4.84. The van der Waals surface area contributed by atoms with Crippen molar-refractivity contribution in [3.8, 4) is 0 Å². The monoisotopic (exact) mass is 492 g/mol. The summed E-state index contributed by atoms with van der Waals surface area (Å²) in [4.78, 5) is 46.0. The van der Waals surface area contributed by atoms with Gasteiger partial charge in [-0.1, -0.05) is 60.7 Å². The Labute approximate surface area is 212 Å². The zero-order valence-electron chi connectivity index (χ0n) is 20.1. The average Bonchev–Trinajstić information content (AvgIpc) is 3.59. The fourth-order valence-corrected chi connectivity index (χ4v) is 6.10. The third-order valence-corrected chi connectivity index (χ3v) is 7.74. The highest BCUT2D eigenvalue weighted by molar-refractivity contribution is 6.17. The predicted octanol–water partition coefficient (Wildman–Crippen LogP) is 4.22. The van der Waals surface area contributed by atoms with Crippen molar-refractivity contribution in [1.82, 2.24) is 4.90 Å². The summed E-state index contributed by atoms with van der Waals surface area (Å²) in [6.07, 6.45) is 1.45. The molecular formula is C30H24N2O5. The Morgan fingerprint density at radius 1 is 0.892 bits per heavy atom. The molecule has 0 N–H and O–H groups in total. The molecule has 4 heterocycles. The number of hydrogen-bond donors (Lipinski definition) is 0. The van der Waals surface area contributed by atoms with Crippen LogP contribution in [-0.2, 0) is 21.6 Å². The predicted molar refractivity (Wildman–Crippen MR) is 137 cm³/mol. The molecule has 1 saturated heterocycles.